The molecule has 0 aliphatic heterocycles. The fourth-order valence-corrected chi connectivity index (χ4v) is 6.11. The topological polar surface area (TPSA) is 44.4 Å². The van der Waals surface area contributed by atoms with Crippen LogP contribution in [0, 0.1) is 23.7 Å². The molecule has 4 heteroatoms. The van der Waals surface area contributed by atoms with E-state index in [1.165, 1.54) is 43.2 Å². The normalized spacial score (nSPS) is 31.3. The van der Waals surface area contributed by atoms with Gasteiger partial charge in [-0.2, -0.15) is 0 Å². The van der Waals surface area contributed by atoms with Gasteiger partial charge in [-0.3, -0.25) is 4.90 Å². The summed E-state index contributed by atoms with van der Waals surface area (Å²) in [5.74, 6) is 3.34. The summed E-state index contributed by atoms with van der Waals surface area (Å²) in [5, 5.41) is 6.49. The Labute approximate surface area is 164 Å². The molecule has 1 aromatic carbocycles. The molecule has 4 saturated carbocycles. The van der Waals surface area contributed by atoms with Crippen molar-refractivity contribution in [2.75, 3.05) is 13.1 Å². The molecule has 0 aromatic heterocycles. The van der Waals surface area contributed by atoms with Crippen molar-refractivity contribution >= 4 is 6.03 Å². The second-order valence-corrected chi connectivity index (χ2v) is 9.01. The van der Waals surface area contributed by atoms with E-state index in [1.807, 2.05) is 0 Å². The van der Waals surface area contributed by atoms with Crippen LogP contribution in [0.25, 0.3) is 0 Å². The summed E-state index contributed by atoms with van der Waals surface area (Å²) in [6.45, 7) is 8.04. The molecule has 5 rings (SSSR count). The Kier molecular flexibility index (Phi) is 5.72. The molecule has 0 radical (unpaired) electrons. The van der Waals surface area contributed by atoms with Crippen molar-refractivity contribution in [2.45, 2.75) is 65.1 Å². The Morgan fingerprint density at radius 1 is 0.963 bits per heavy atom. The van der Waals surface area contributed by atoms with E-state index in [2.05, 4.69) is 53.6 Å². The van der Waals surface area contributed by atoms with E-state index >= 15 is 0 Å². The minimum atomic E-state index is 0.0186. The lowest BCUT2D eigenvalue weighted by atomic mass is 9.54. The fourth-order valence-electron chi connectivity index (χ4n) is 6.11. The average Bonchev–Trinajstić information content (AvgIpc) is 2.67. The molecule has 4 nitrogen and oxygen atoms in total. The van der Waals surface area contributed by atoms with Crippen LogP contribution in [0.2, 0.25) is 0 Å². The maximum absolute atomic E-state index is 12.6. The molecule has 148 valence electrons. The van der Waals surface area contributed by atoms with Crippen LogP contribution in [-0.4, -0.2) is 30.1 Å². The van der Waals surface area contributed by atoms with E-state index in [9.17, 15) is 4.79 Å². The maximum atomic E-state index is 12.6. The molecule has 4 aliphatic rings. The van der Waals surface area contributed by atoms with E-state index in [4.69, 9.17) is 0 Å². The number of rotatable bonds is 7. The van der Waals surface area contributed by atoms with Crippen LogP contribution in [0.5, 0.6) is 0 Å². The predicted molar refractivity (Wildman–Crippen MR) is 109 cm³/mol. The van der Waals surface area contributed by atoms with Gasteiger partial charge < -0.3 is 10.6 Å². The Morgan fingerprint density at radius 2 is 1.56 bits per heavy atom. The fraction of sp³-hybridized carbons (Fsp3) is 0.696. The quantitative estimate of drug-likeness (QED) is 0.758. The first-order chi connectivity index (χ1) is 13.2. The van der Waals surface area contributed by atoms with E-state index in [0.717, 1.165) is 43.3 Å². The molecule has 0 atom stereocenters. The minimum Gasteiger partial charge on any atom is -0.335 e. The number of hydrogen-bond acceptors (Lipinski definition) is 2. The van der Waals surface area contributed by atoms with Gasteiger partial charge in [-0.05, 0) is 80.0 Å². The van der Waals surface area contributed by atoms with Crippen molar-refractivity contribution in [1.82, 2.24) is 15.5 Å². The zero-order valence-corrected chi connectivity index (χ0v) is 16.9. The Hall–Kier alpha value is -1.55. The monoisotopic (exact) mass is 369 g/mol. The standard InChI is InChI=1S/C23H35N3O/c1-3-26(4-2)15-19-8-6-5-7-18(19)14-24-23(27)25-22-20-10-16-9-17(12-20)13-21(22)11-16/h5-8,16-17,20-22H,3-4,9-15H2,1-2H3,(H2,24,25,27). The van der Waals surface area contributed by atoms with Crippen molar-refractivity contribution in [1.29, 1.82) is 0 Å². The Balaban J connectivity index is 1.32. The molecule has 0 heterocycles. The SMILES string of the molecule is CCN(CC)Cc1ccccc1CNC(=O)NC1C2CC3CC(C2)CC1C3. The molecule has 4 bridgehead atoms. The van der Waals surface area contributed by atoms with Crippen LogP contribution < -0.4 is 10.6 Å². The first-order valence-electron chi connectivity index (χ1n) is 11.0. The van der Waals surface area contributed by atoms with Gasteiger partial charge in [-0.15, -0.1) is 0 Å². The number of benzene rings is 1. The van der Waals surface area contributed by atoms with Gasteiger partial charge in [0.25, 0.3) is 0 Å². The Morgan fingerprint density at radius 3 is 2.15 bits per heavy atom. The summed E-state index contributed by atoms with van der Waals surface area (Å²) in [5.41, 5.74) is 2.54. The molecule has 0 saturated heterocycles. The van der Waals surface area contributed by atoms with Crippen LogP contribution in [0.4, 0.5) is 4.79 Å². The van der Waals surface area contributed by atoms with Crippen LogP contribution in [-0.2, 0) is 13.1 Å². The van der Waals surface area contributed by atoms with Crippen molar-refractivity contribution < 1.29 is 4.79 Å². The van der Waals surface area contributed by atoms with Crippen molar-refractivity contribution in [3.63, 3.8) is 0 Å². The lowest BCUT2D eigenvalue weighted by molar-refractivity contribution is -0.00942. The third-order valence-electron chi connectivity index (χ3n) is 7.37. The molecule has 0 spiro atoms. The average molecular weight is 370 g/mol. The third kappa shape index (κ3) is 4.16. The number of nitrogens with one attached hydrogen (secondary N) is 2. The third-order valence-corrected chi connectivity index (χ3v) is 7.37. The summed E-state index contributed by atoms with van der Waals surface area (Å²) < 4.78 is 0. The molecule has 2 amide bonds. The number of carbonyl (C=O) groups excluding carboxylic acids is 1. The van der Waals surface area contributed by atoms with Crippen LogP contribution in [0.15, 0.2) is 24.3 Å². The maximum Gasteiger partial charge on any atom is 0.315 e. The van der Waals surface area contributed by atoms with Gasteiger partial charge in [0.2, 0.25) is 0 Å². The number of amides is 2. The largest absolute Gasteiger partial charge is 0.335 e. The smallest absolute Gasteiger partial charge is 0.315 e. The first-order valence-corrected chi connectivity index (χ1v) is 11.0. The lowest BCUT2D eigenvalue weighted by Crippen LogP contribution is -2.57. The summed E-state index contributed by atoms with van der Waals surface area (Å²) in [6, 6.07) is 8.91. The zero-order valence-electron chi connectivity index (χ0n) is 16.9. The summed E-state index contributed by atoms with van der Waals surface area (Å²) in [7, 11) is 0. The Bertz CT molecular complexity index is 627. The van der Waals surface area contributed by atoms with Crippen molar-refractivity contribution in [2.24, 2.45) is 23.7 Å². The van der Waals surface area contributed by atoms with Gasteiger partial charge >= 0.3 is 6.03 Å². The van der Waals surface area contributed by atoms with Gasteiger partial charge in [0.1, 0.15) is 0 Å². The summed E-state index contributed by atoms with van der Waals surface area (Å²) in [6.07, 6.45) is 6.81. The van der Waals surface area contributed by atoms with E-state index in [1.54, 1.807) is 0 Å². The molecule has 2 N–H and O–H groups in total. The van der Waals surface area contributed by atoms with Crippen molar-refractivity contribution in [3.05, 3.63) is 35.4 Å². The van der Waals surface area contributed by atoms with Crippen LogP contribution in [0.3, 0.4) is 0 Å². The van der Waals surface area contributed by atoms with Gasteiger partial charge in [0, 0.05) is 19.1 Å². The molecular weight excluding hydrogens is 334 g/mol. The molecule has 27 heavy (non-hydrogen) atoms. The summed E-state index contributed by atoms with van der Waals surface area (Å²) in [4.78, 5) is 15.0. The number of hydrogen-bond donors (Lipinski definition) is 2. The number of nitrogens with zero attached hydrogens (tertiary/aromatic N) is 1. The second kappa shape index (κ2) is 8.22. The number of carbonyl (C=O) groups is 1. The highest BCUT2D eigenvalue weighted by molar-refractivity contribution is 5.74. The highest BCUT2D eigenvalue weighted by Crippen LogP contribution is 2.53. The molecule has 4 fully saturated rings. The van der Waals surface area contributed by atoms with E-state index in [0.29, 0.717) is 12.6 Å². The number of urea groups is 1. The van der Waals surface area contributed by atoms with Crippen molar-refractivity contribution in [3.8, 4) is 0 Å². The second-order valence-electron chi connectivity index (χ2n) is 9.01. The van der Waals surface area contributed by atoms with Crippen LogP contribution in [0.1, 0.15) is 57.1 Å². The zero-order chi connectivity index (χ0) is 18.8. The highest BCUT2D eigenvalue weighted by atomic mass is 16.2. The van der Waals surface area contributed by atoms with Gasteiger partial charge in [-0.1, -0.05) is 38.1 Å². The minimum absolute atomic E-state index is 0.0186. The van der Waals surface area contributed by atoms with E-state index in [-0.39, 0.29) is 6.03 Å². The van der Waals surface area contributed by atoms with Gasteiger partial charge in [-0.25, -0.2) is 4.79 Å². The lowest BCUT2D eigenvalue weighted by Gasteiger charge is -2.54. The predicted octanol–water partition coefficient (Wildman–Crippen LogP) is 4.15. The highest BCUT2D eigenvalue weighted by Gasteiger charge is 2.48. The van der Waals surface area contributed by atoms with Crippen LogP contribution >= 0.6 is 0 Å². The van der Waals surface area contributed by atoms with Gasteiger partial charge in [0.05, 0.1) is 0 Å². The molecular formula is C23H35N3O. The molecule has 4 aliphatic carbocycles. The van der Waals surface area contributed by atoms with E-state index < -0.39 is 0 Å². The first kappa shape index (κ1) is 18.8. The summed E-state index contributed by atoms with van der Waals surface area (Å²) >= 11 is 0. The molecule has 1 aromatic rings. The molecule has 0 unspecified atom stereocenters. The van der Waals surface area contributed by atoms with Gasteiger partial charge in [0.15, 0.2) is 0 Å².